The number of benzene rings is 2. The Balaban J connectivity index is -0.000000111. The number of aliphatic hydroxyl groups is 4. The molecule has 2 rings (SSSR count). The Labute approximate surface area is 265 Å². The molecule has 0 saturated heterocycles. The van der Waals surface area contributed by atoms with Crippen molar-refractivity contribution in [2.75, 3.05) is 35.5 Å². The van der Waals surface area contributed by atoms with Crippen LogP contribution in [0.3, 0.4) is 0 Å². The van der Waals surface area contributed by atoms with E-state index in [9.17, 15) is 14.4 Å². The number of aliphatic hydroxyl groups excluding tert-OH is 4. The number of nitrogens with two attached hydrogens (primary N) is 1. The predicted molar refractivity (Wildman–Crippen MR) is 159 cm³/mol. The molecule has 12 heteroatoms. The van der Waals surface area contributed by atoms with Crippen molar-refractivity contribution in [2.24, 2.45) is 5.73 Å². The Morgan fingerprint density at radius 1 is 0.810 bits per heavy atom. The number of carbonyl (C=O) groups excluding carboxylic acids is 3. The summed E-state index contributed by atoms with van der Waals surface area (Å²) in [5, 5.41) is 45.1. The van der Waals surface area contributed by atoms with Gasteiger partial charge in [-0.25, -0.2) is 0 Å². The predicted octanol–water partition coefficient (Wildman–Crippen LogP) is 3.08. The van der Waals surface area contributed by atoms with Crippen LogP contribution in [0.15, 0.2) is 48.5 Å². The summed E-state index contributed by atoms with van der Waals surface area (Å²) in [6.07, 6.45) is 3.77. The van der Waals surface area contributed by atoms with Crippen LogP contribution in [0.2, 0.25) is 0 Å². The zero-order chi connectivity index (χ0) is 33.1. The summed E-state index contributed by atoms with van der Waals surface area (Å²) < 4.78 is 5.32. The molecule has 1 unspecified atom stereocenters. The van der Waals surface area contributed by atoms with E-state index in [-0.39, 0.29) is 39.5 Å². The largest absolute Gasteiger partial charge is 0.400 e. The first kappa shape index (κ1) is 51.5. The van der Waals surface area contributed by atoms with Gasteiger partial charge in [0, 0.05) is 82.1 Å². The number of Topliss-reactive ketones (excluding diaryl/α,β-unsaturated/α-hetero) is 1. The number of nitriles is 2. The third-order valence-corrected chi connectivity index (χ3v) is 4.31. The van der Waals surface area contributed by atoms with Crippen molar-refractivity contribution >= 4 is 18.0 Å². The van der Waals surface area contributed by atoms with Gasteiger partial charge in [0.25, 0.3) is 0 Å². The van der Waals surface area contributed by atoms with Crippen LogP contribution in [-0.2, 0) is 36.0 Å². The summed E-state index contributed by atoms with van der Waals surface area (Å²) >= 11 is 0. The summed E-state index contributed by atoms with van der Waals surface area (Å²) in [6, 6.07) is 17.7. The molecule has 0 spiro atoms. The third-order valence-electron chi connectivity index (χ3n) is 4.31. The van der Waals surface area contributed by atoms with Gasteiger partial charge in [-0.05, 0) is 42.7 Å². The van der Waals surface area contributed by atoms with Crippen LogP contribution in [0.5, 0.6) is 0 Å². The molecule has 0 radical (unpaired) electrons. The first-order chi connectivity index (χ1) is 19.8. The average Bonchev–Trinajstić information content (AvgIpc) is 3.04. The average molecular weight is 626 g/mol. The monoisotopic (exact) mass is 625 g/mol. The fourth-order valence-corrected chi connectivity index (χ4v) is 2.58. The minimum absolute atomic E-state index is 0. The first-order valence-corrected chi connectivity index (χ1v) is 12.4. The Morgan fingerprint density at radius 3 is 1.45 bits per heavy atom. The summed E-state index contributed by atoms with van der Waals surface area (Å²) in [6.45, 7) is 3.91. The van der Waals surface area contributed by atoms with Crippen molar-refractivity contribution < 1.29 is 61.3 Å². The fourth-order valence-electron chi connectivity index (χ4n) is 2.58. The molecule has 6 N–H and O–H groups in total. The summed E-state index contributed by atoms with van der Waals surface area (Å²) in [5.74, 6) is 0.00112. The van der Waals surface area contributed by atoms with Gasteiger partial charge in [0.05, 0.1) is 29.4 Å². The molecule has 0 bridgehead atoms. The van der Waals surface area contributed by atoms with Crippen LogP contribution in [0.25, 0.3) is 0 Å². The van der Waals surface area contributed by atoms with E-state index in [1.807, 2.05) is 32.0 Å². The Hall–Kier alpha value is -3.26. The fraction of sp³-hybridized carbons (Fsp3) is 0.433. The quantitative estimate of drug-likeness (QED) is 0.203. The van der Waals surface area contributed by atoms with Crippen molar-refractivity contribution in [2.45, 2.75) is 52.1 Å². The molecular weight excluding hydrogens is 578 g/mol. The van der Waals surface area contributed by atoms with Gasteiger partial charge in [-0.15, -0.1) is 0 Å². The molecule has 2 aromatic carbocycles. The maximum Gasteiger partial charge on any atom is 0.217 e. The number of ketones is 1. The second-order valence-corrected chi connectivity index (χ2v) is 7.02. The van der Waals surface area contributed by atoms with E-state index >= 15 is 0 Å². The number of nitrogens with zero attached hydrogens (tertiary/aromatic N) is 2. The Bertz CT molecular complexity index is 959. The van der Waals surface area contributed by atoms with Crippen LogP contribution in [-0.4, -0.2) is 74.0 Å². The van der Waals surface area contributed by atoms with E-state index in [4.69, 9.17) is 41.4 Å². The molecule has 0 heterocycles. The van der Waals surface area contributed by atoms with Crippen molar-refractivity contribution in [3.8, 4) is 12.1 Å². The molecule has 0 saturated carbocycles. The summed E-state index contributed by atoms with van der Waals surface area (Å²) in [4.78, 5) is 31.5. The van der Waals surface area contributed by atoms with Crippen molar-refractivity contribution in [3.05, 3.63) is 70.8 Å². The number of amides is 1. The maximum absolute atomic E-state index is 11.6. The van der Waals surface area contributed by atoms with Crippen molar-refractivity contribution in [1.82, 2.24) is 0 Å². The molecule has 0 aliphatic heterocycles. The molecule has 2 aromatic rings. The van der Waals surface area contributed by atoms with E-state index in [1.54, 1.807) is 43.5 Å². The SMILES string of the molecule is CCCC(=O)CC(OC)c1ccc(C#N)cc1.CCCC(N)=O.CO.CO.CO.CO.N#Cc1ccc(C=O)cc1.[Ti]. The van der Waals surface area contributed by atoms with E-state index in [0.29, 0.717) is 36.0 Å². The van der Waals surface area contributed by atoms with Gasteiger partial charge in [-0.2, -0.15) is 10.5 Å². The van der Waals surface area contributed by atoms with E-state index < -0.39 is 0 Å². The molecular formula is C30H47N3O8Ti. The minimum atomic E-state index is -0.211. The smallest absolute Gasteiger partial charge is 0.217 e. The molecule has 11 nitrogen and oxygen atoms in total. The Kier molecular flexibility index (Phi) is 51.7. The molecule has 234 valence electrons. The van der Waals surface area contributed by atoms with Crippen LogP contribution in [0.4, 0.5) is 0 Å². The molecule has 0 aliphatic rings. The summed E-state index contributed by atoms with van der Waals surface area (Å²) in [5.41, 5.74) is 7.49. The van der Waals surface area contributed by atoms with Crippen molar-refractivity contribution in [1.29, 1.82) is 10.5 Å². The van der Waals surface area contributed by atoms with E-state index in [2.05, 4.69) is 6.07 Å². The number of carbonyl (C=O) groups is 3. The number of primary amides is 1. The first-order valence-electron chi connectivity index (χ1n) is 12.4. The van der Waals surface area contributed by atoms with Crippen molar-refractivity contribution in [3.63, 3.8) is 0 Å². The number of methoxy groups -OCH3 is 1. The van der Waals surface area contributed by atoms with Gasteiger partial charge >= 0.3 is 0 Å². The second kappa shape index (κ2) is 42.2. The van der Waals surface area contributed by atoms with Gasteiger partial charge in [-0.3, -0.25) is 14.4 Å². The number of hydrogen-bond donors (Lipinski definition) is 5. The molecule has 0 aliphatic carbocycles. The van der Waals surface area contributed by atoms with Crippen LogP contribution >= 0.6 is 0 Å². The van der Waals surface area contributed by atoms with Gasteiger partial charge in [0.2, 0.25) is 5.91 Å². The number of aldehydes is 1. The third kappa shape index (κ3) is 31.3. The standard InChI is InChI=1S/C14H17NO2.C8H5NO.C4H9NO.4CH4O.Ti/c1-3-4-13(16)9-14(17-2)12-7-5-11(10-15)6-8-12;9-5-7-1-3-8(6-10)4-2-7;1-2-3-4(5)6;4*1-2;/h5-8,14H,3-4,9H2,1-2H3;1-4,6H;2-3H2,1H3,(H2,5,6);4*2H,1H3;. The van der Waals surface area contributed by atoms with Gasteiger partial charge < -0.3 is 30.9 Å². The van der Waals surface area contributed by atoms with E-state index in [1.165, 1.54) is 0 Å². The van der Waals surface area contributed by atoms with Gasteiger partial charge in [0.15, 0.2) is 0 Å². The normalized spacial score (nSPS) is 8.50. The topological polar surface area (TPSA) is 215 Å². The van der Waals surface area contributed by atoms with Gasteiger partial charge in [0.1, 0.15) is 12.1 Å². The maximum atomic E-state index is 11.6. The van der Waals surface area contributed by atoms with E-state index in [0.717, 1.165) is 53.1 Å². The molecule has 1 amide bonds. The molecule has 0 aromatic heterocycles. The zero-order valence-corrected chi connectivity index (χ0v) is 27.3. The minimum Gasteiger partial charge on any atom is -0.400 e. The second-order valence-electron chi connectivity index (χ2n) is 7.02. The zero-order valence-electron chi connectivity index (χ0n) is 25.7. The number of rotatable bonds is 9. The molecule has 1 atom stereocenters. The van der Waals surface area contributed by atoms with Crippen LogP contribution < -0.4 is 5.73 Å². The number of hydrogen-bond acceptors (Lipinski definition) is 10. The van der Waals surface area contributed by atoms with Crippen LogP contribution in [0, 0.1) is 22.7 Å². The molecule has 42 heavy (non-hydrogen) atoms. The molecule has 0 fully saturated rings. The Morgan fingerprint density at radius 2 is 1.19 bits per heavy atom. The summed E-state index contributed by atoms with van der Waals surface area (Å²) in [7, 11) is 5.60. The van der Waals surface area contributed by atoms with Gasteiger partial charge in [-0.1, -0.05) is 38.1 Å². The van der Waals surface area contributed by atoms with Crippen LogP contribution in [0.1, 0.15) is 79.1 Å². The number of ether oxygens (including phenoxy) is 1.